The summed E-state index contributed by atoms with van der Waals surface area (Å²) in [5.74, 6) is -0.915. The molecule has 0 saturated heterocycles. The van der Waals surface area contributed by atoms with Crippen molar-refractivity contribution in [3.8, 4) is 5.75 Å². The average molecular weight is 493 g/mol. The van der Waals surface area contributed by atoms with Gasteiger partial charge in [-0.3, -0.25) is 14.5 Å². The Bertz CT molecular complexity index is 1090. The molecule has 0 aromatic heterocycles. The largest absolute Gasteiger partial charge is 0.496 e. The molecule has 33 heavy (non-hydrogen) atoms. The normalized spacial score (nSPS) is 19.2. The summed E-state index contributed by atoms with van der Waals surface area (Å²) in [5.41, 5.74) is 3.90. The number of amides is 2. The molecule has 2 aromatic rings. The van der Waals surface area contributed by atoms with E-state index < -0.39 is 29.3 Å². The zero-order chi connectivity index (χ0) is 24.4. The van der Waals surface area contributed by atoms with Gasteiger partial charge in [0.2, 0.25) is 11.8 Å². The van der Waals surface area contributed by atoms with Crippen LogP contribution in [0.2, 0.25) is 10.0 Å². The number of benzene rings is 2. The van der Waals surface area contributed by atoms with E-state index in [1.165, 1.54) is 31.3 Å². The fourth-order valence-electron chi connectivity index (χ4n) is 5.07. The summed E-state index contributed by atoms with van der Waals surface area (Å²) < 4.78 is 10.9. The first-order chi connectivity index (χ1) is 15.8. The number of nitrogens with two attached hydrogens (primary N) is 1. The van der Waals surface area contributed by atoms with Crippen LogP contribution in [0.3, 0.4) is 0 Å². The fourth-order valence-corrected chi connectivity index (χ4v) is 5.67. The van der Waals surface area contributed by atoms with Crippen LogP contribution < -0.4 is 15.4 Å². The SMILES string of the molecule is C=CC[C@@](C(N)=O)(c1ccccc1OC)[C@]1(CCO)C(=O)N(COC)c2c(Cl)cc(Cl)cc21. The van der Waals surface area contributed by atoms with Gasteiger partial charge < -0.3 is 20.3 Å². The Labute approximate surface area is 202 Å². The third-order valence-corrected chi connectivity index (χ3v) is 6.79. The number of ether oxygens (including phenoxy) is 2. The molecule has 2 amide bonds. The van der Waals surface area contributed by atoms with E-state index in [9.17, 15) is 14.7 Å². The Morgan fingerprint density at radius 3 is 2.58 bits per heavy atom. The molecule has 1 aliphatic heterocycles. The van der Waals surface area contributed by atoms with Crippen LogP contribution in [-0.4, -0.2) is 44.5 Å². The molecular weight excluding hydrogens is 467 g/mol. The predicted octanol–water partition coefficient (Wildman–Crippen LogP) is 3.57. The lowest BCUT2D eigenvalue weighted by Crippen LogP contribution is -2.62. The average Bonchev–Trinajstić information content (AvgIpc) is 3.01. The Morgan fingerprint density at radius 1 is 1.30 bits per heavy atom. The Hall–Kier alpha value is -2.58. The smallest absolute Gasteiger partial charge is 0.241 e. The van der Waals surface area contributed by atoms with Crippen LogP contribution in [0.25, 0.3) is 0 Å². The van der Waals surface area contributed by atoms with Gasteiger partial charge >= 0.3 is 0 Å². The van der Waals surface area contributed by atoms with E-state index in [1.807, 2.05) is 0 Å². The van der Waals surface area contributed by atoms with Gasteiger partial charge in [0.25, 0.3) is 0 Å². The van der Waals surface area contributed by atoms with Gasteiger partial charge in [-0.15, -0.1) is 6.58 Å². The number of aliphatic hydroxyl groups is 1. The van der Waals surface area contributed by atoms with Crippen molar-refractivity contribution in [2.24, 2.45) is 5.73 Å². The maximum Gasteiger partial charge on any atom is 0.241 e. The summed E-state index contributed by atoms with van der Waals surface area (Å²) in [4.78, 5) is 29.1. The minimum Gasteiger partial charge on any atom is -0.496 e. The lowest BCUT2D eigenvalue weighted by molar-refractivity contribution is -0.136. The fraction of sp³-hybridized carbons (Fsp3) is 0.333. The molecule has 0 radical (unpaired) electrons. The molecule has 176 valence electrons. The van der Waals surface area contributed by atoms with Crippen molar-refractivity contribution in [3.05, 3.63) is 70.2 Å². The molecule has 0 spiro atoms. The Balaban J connectivity index is 2.56. The van der Waals surface area contributed by atoms with Crippen LogP contribution >= 0.6 is 23.2 Å². The zero-order valence-electron chi connectivity index (χ0n) is 18.4. The van der Waals surface area contributed by atoms with Crippen molar-refractivity contribution in [2.45, 2.75) is 23.7 Å². The molecular formula is C24H26Cl2N2O5. The minimum absolute atomic E-state index is 0.0150. The van der Waals surface area contributed by atoms with Gasteiger partial charge in [-0.05, 0) is 36.6 Å². The first-order valence-electron chi connectivity index (χ1n) is 10.2. The molecule has 7 nitrogen and oxygen atoms in total. The van der Waals surface area contributed by atoms with Gasteiger partial charge in [-0.2, -0.15) is 0 Å². The molecule has 0 fully saturated rings. The summed E-state index contributed by atoms with van der Waals surface area (Å²) in [6, 6.07) is 9.93. The molecule has 3 N–H and O–H groups in total. The van der Waals surface area contributed by atoms with Gasteiger partial charge in [-0.1, -0.05) is 47.5 Å². The highest BCUT2D eigenvalue weighted by atomic mass is 35.5. The van der Waals surface area contributed by atoms with Gasteiger partial charge in [0.15, 0.2) is 0 Å². The maximum absolute atomic E-state index is 14.3. The van der Waals surface area contributed by atoms with E-state index in [-0.39, 0.29) is 29.6 Å². The molecule has 3 rings (SSSR count). The van der Waals surface area contributed by atoms with Crippen molar-refractivity contribution >= 4 is 40.7 Å². The molecule has 2 atom stereocenters. The number of halogens is 2. The summed E-state index contributed by atoms with van der Waals surface area (Å²) >= 11 is 12.9. The monoisotopic (exact) mass is 492 g/mol. The number of para-hydroxylation sites is 1. The van der Waals surface area contributed by atoms with E-state index in [1.54, 1.807) is 30.3 Å². The lowest BCUT2D eigenvalue weighted by Gasteiger charge is -2.46. The van der Waals surface area contributed by atoms with Crippen molar-refractivity contribution in [2.75, 3.05) is 32.5 Å². The highest BCUT2D eigenvalue weighted by molar-refractivity contribution is 6.38. The van der Waals surface area contributed by atoms with E-state index in [4.69, 9.17) is 38.4 Å². The van der Waals surface area contributed by atoms with Crippen LogP contribution in [0.4, 0.5) is 5.69 Å². The third kappa shape index (κ3) is 3.60. The van der Waals surface area contributed by atoms with E-state index in [0.29, 0.717) is 22.6 Å². The van der Waals surface area contributed by atoms with E-state index >= 15 is 0 Å². The highest BCUT2D eigenvalue weighted by Gasteiger charge is 2.67. The maximum atomic E-state index is 14.3. The topological polar surface area (TPSA) is 102 Å². The number of hydrogen-bond acceptors (Lipinski definition) is 5. The predicted molar refractivity (Wildman–Crippen MR) is 128 cm³/mol. The van der Waals surface area contributed by atoms with Gasteiger partial charge in [0, 0.05) is 24.3 Å². The highest BCUT2D eigenvalue weighted by Crippen LogP contribution is 2.59. The van der Waals surface area contributed by atoms with Crippen molar-refractivity contribution < 1.29 is 24.2 Å². The molecule has 0 saturated carbocycles. The second-order valence-electron chi connectivity index (χ2n) is 7.78. The Morgan fingerprint density at radius 2 is 2.00 bits per heavy atom. The zero-order valence-corrected chi connectivity index (χ0v) is 19.9. The number of hydrogen-bond donors (Lipinski definition) is 2. The molecule has 9 heteroatoms. The molecule has 0 bridgehead atoms. The first-order valence-corrected chi connectivity index (χ1v) is 11.0. The van der Waals surface area contributed by atoms with Crippen molar-refractivity contribution in [1.82, 2.24) is 0 Å². The van der Waals surface area contributed by atoms with E-state index in [0.717, 1.165) is 0 Å². The molecule has 0 aliphatic carbocycles. The minimum atomic E-state index is -1.69. The number of carbonyl (C=O) groups is 2. The number of nitrogens with zero attached hydrogens (tertiary/aromatic N) is 1. The molecule has 1 heterocycles. The molecule has 2 aromatic carbocycles. The van der Waals surface area contributed by atoms with Crippen molar-refractivity contribution in [3.63, 3.8) is 0 Å². The molecule has 0 unspecified atom stereocenters. The number of carbonyl (C=O) groups excluding carboxylic acids is 2. The van der Waals surface area contributed by atoms with Crippen LogP contribution in [0, 0.1) is 0 Å². The number of rotatable bonds is 10. The number of primary amides is 1. The number of anilines is 1. The summed E-state index contributed by atoms with van der Waals surface area (Å²) in [7, 11) is 2.90. The second-order valence-corrected chi connectivity index (χ2v) is 8.62. The Kier molecular flexibility index (Phi) is 7.39. The summed E-state index contributed by atoms with van der Waals surface area (Å²) in [6.07, 6.45) is 1.37. The van der Waals surface area contributed by atoms with Gasteiger partial charge in [0.1, 0.15) is 12.5 Å². The second kappa shape index (κ2) is 9.73. The quantitative estimate of drug-likeness (QED) is 0.493. The van der Waals surface area contributed by atoms with E-state index in [2.05, 4.69) is 6.58 Å². The third-order valence-electron chi connectivity index (χ3n) is 6.28. The molecule has 1 aliphatic rings. The van der Waals surface area contributed by atoms with Crippen LogP contribution in [0.1, 0.15) is 24.0 Å². The lowest BCUT2D eigenvalue weighted by atomic mass is 9.53. The number of aliphatic hydroxyl groups excluding tert-OH is 1. The van der Waals surface area contributed by atoms with Crippen LogP contribution in [-0.2, 0) is 25.2 Å². The van der Waals surface area contributed by atoms with Crippen LogP contribution in [0.15, 0.2) is 49.1 Å². The number of allylic oxidation sites excluding steroid dienone is 1. The number of methoxy groups -OCH3 is 2. The number of fused-ring (bicyclic) bond motifs is 1. The van der Waals surface area contributed by atoms with Gasteiger partial charge in [0.05, 0.1) is 28.6 Å². The van der Waals surface area contributed by atoms with Crippen molar-refractivity contribution in [1.29, 1.82) is 0 Å². The summed E-state index contributed by atoms with van der Waals surface area (Å²) in [6.45, 7) is 3.28. The first kappa shape index (κ1) is 25.1. The van der Waals surface area contributed by atoms with Crippen LogP contribution in [0.5, 0.6) is 5.75 Å². The standard InChI is InChI=1S/C24H26Cl2N2O5/c1-4-9-23(21(27)30,16-7-5-6-8-19(16)33-3)24(10-11-29)17-12-15(25)13-18(26)20(17)28(14-32-2)22(24)31/h4-8,12-13,29H,1,9-11,14H2,2-3H3,(H2,27,30)/t23-,24-/m0/s1. The summed E-state index contributed by atoms with van der Waals surface area (Å²) in [5, 5.41) is 10.7. The van der Waals surface area contributed by atoms with Gasteiger partial charge in [-0.25, -0.2) is 0 Å².